The summed E-state index contributed by atoms with van der Waals surface area (Å²) >= 11 is 0. The largest absolute Gasteiger partial charge is 0.573 e. The number of alkyl halides is 3. The molecule has 27 heavy (non-hydrogen) atoms. The van der Waals surface area contributed by atoms with E-state index in [1.807, 2.05) is 12.1 Å². The van der Waals surface area contributed by atoms with Crippen LogP contribution in [0.15, 0.2) is 36.5 Å². The maximum Gasteiger partial charge on any atom is 0.573 e. The number of hydrogen-bond acceptors (Lipinski definition) is 5. The molecule has 0 saturated heterocycles. The van der Waals surface area contributed by atoms with Crippen molar-refractivity contribution in [2.75, 3.05) is 0 Å². The van der Waals surface area contributed by atoms with Crippen molar-refractivity contribution in [2.24, 2.45) is 0 Å². The van der Waals surface area contributed by atoms with E-state index in [0.717, 1.165) is 5.56 Å². The predicted octanol–water partition coefficient (Wildman–Crippen LogP) is 3.43. The minimum atomic E-state index is -4.77. The van der Waals surface area contributed by atoms with Crippen molar-refractivity contribution >= 4 is 11.0 Å². The number of fused-ring (bicyclic) bond motifs is 1. The molecular weight excluding hydrogens is 361 g/mol. The number of nitrogens with zero attached hydrogens (tertiary/aromatic N) is 4. The molecule has 4 rings (SSSR count). The molecule has 1 aliphatic carbocycles. The maximum absolute atomic E-state index is 12.3. The van der Waals surface area contributed by atoms with E-state index in [2.05, 4.69) is 14.8 Å². The smallest absolute Gasteiger partial charge is 0.406 e. The molecule has 0 spiro atoms. The lowest BCUT2D eigenvalue weighted by Gasteiger charge is -2.32. The minimum absolute atomic E-state index is 0.123. The molecule has 0 unspecified atom stereocenters. The highest BCUT2D eigenvalue weighted by atomic mass is 19.4. The number of aliphatic hydroxyl groups excluding tert-OH is 1. The van der Waals surface area contributed by atoms with Crippen molar-refractivity contribution in [3.05, 3.63) is 47.8 Å². The van der Waals surface area contributed by atoms with Crippen LogP contribution >= 0.6 is 0 Å². The molecule has 0 amide bonds. The average molecular weight is 374 g/mol. The molecule has 1 saturated carbocycles. The second kappa shape index (κ2) is 6.25. The zero-order valence-corrected chi connectivity index (χ0v) is 13.8. The van der Waals surface area contributed by atoms with Crippen LogP contribution in [0.1, 0.15) is 30.0 Å². The quantitative estimate of drug-likeness (QED) is 0.759. The number of aliphatic hydroxyl groups is 1. The van der Waals surface area contributed by atoms with Gasteiger partial charge in [0.05, 0.1) is 17.2 Å². The summed E-state index contributed by atoms with van der Waals surface area (Å²) in [7, 11) is 0. The van der Waals surface area contributed by atoms with Gasteiger partial charge in [0.2, 0.25) is 0 Å². The third kappa shape index (κ3) is 3.19. The average Bonchev–Trinajstić information content (AvgIpc) is 2.97. The Balaban J connectivity index is 1.77. The summed E-state index contributed by atoms with van der Waals surface area (Å²) in [6.07, 6.45) is -2.29. The molecule has 2 aromatic heterocycles. The number of rotatable bonds is 3. The molecule has 9 heteroatoms. The van der Waals surface area contributed by atoms with E-state index < -0.39 is 6.36 Å². The fourth-order valence-electron chi connectivity index (χ4n) is 3.29. The zero-order chi connectivity index (χ0) is 19.2. The number of pyridine rings is 1. The van der Waals surface area contributed by atoms with Gasteiger partial charge in [-0.1, -0.05) is 0 Å². The Morgan fingerprint density at radius 1 is 1.19 bits per heavy atom. The molecule has 1 aromatic carbocycles. The minimum Gasteiger partial charge on any atom is -0.406 e. The first-order valence-corrected chi connectivity index (χ1v) is 8.17. The van der Waals surface area contributed by atoms with Gasteiger partial charge in [0.1, 0.15) is 11.8 Å². The van der Waals surface area contributed by atoms with Crippen molar-refractivity contribution in [1.82, 2.24) is 14.8 Å². The van der Waals surface area contributed by atoms with Crippen molar-refractivity contribution in [3.63, 3.8) is 0 Å². The van der Waals surface area contributed by atoms with Gasteiger partial charge in [0, 0.05) is 6.20 Å². The summed E-state index contributed by atoms with van der Waals surface area (Å²) in [5.74, 6) is -0.224. The molecule has 1 N–H and O–H groups in total. The number of hydrogen-bond donors (Lipinski definition) is 1. The van der Waals surface area contributed by atoms with Crippen LogP contribution in [0, 0.1) is 11.3 Å². The van der Waals surface area contributed by atoms with E-state index in [1.54, 1.807) is 6.20 Å². The Bertz CT molecular complexity index is 1030. The second-order valence-corrected chi connectivity index (χ2v) is 6.33. The second-order valence-electron chi connectivity index (χ2n) is 6.33. The highest BCUT2D eigenvalue weighted by Crippen LogP contribution is 2.40. The molecule has 3 aromatic rings. The van der Waals surface area contributed by atoms with Gasteiger partial charge in [-0.05, 0) is 54.7 Å². The lowest BCUT2D eigenvalue weighted by molar-refractivity contribution is -0.274. The first-order chi connectivity index (χ1) is 12.9. The summed E-state index contributed by atoms with van der Waals surface area (Å²) in [6, 6.07) is 9.04. The summed E-state index contributed by atoms with van der Waals surface area (Å²) < 4.78 is 42.2. The Morgan fingerprint density at radius 3 is 2.48 bits per heavy atom. The van der Waals surface area contributed by atoms with Crippen molar-refractivity contribution < 1.29 is 23.0 Å². The van der Waals surface area contributed by atoms with E-state index >= 15 is 0 Å². The van der Waals surface area contributed by atoms with E-state index in [4.69, 9.17) is 0 Å². The molecule has 0 aliphatic heterocycles. The Morgan fingerprint density at radius 2 is 1.89 bits per heavy atom. The van der Waals surface area contributed by atoms with Crippen LogP contribution in [0.2, 0.25) is 0 Å². The van der Waals surface area contributed by atoms with E-state index in [0.29, 0.717) is 29.6 Å². The number of benzene rings is 1. The number of halogens is 3. The van der Waals surface area contributed by atoms with Gasteiger partial charge in [-0.15, -0.1) is 13.2 Å². The first-order valence-electron chi connectivity index (χ1n) is 8.17. The van der Waals surface area contributed by atoms with Crippen LogP contribution in [0.5, 0.6) is 5.75 Å². The SMILES string of the molecule is N#Cc1nn(-c2ccc(OC(F)(F)F)cc2)c2nccc(C3CC(O)C3)c12. The van der Waals surface area contributed by atoms with E-state index in [9.17, 15) is 23.5 Å². The maximum atomic E-state index is 12.3. The van der Waals surface area contributed by atoms with Crippen LogP contribution < -0.4 is 4.74 Å². The number of nitriles is 1. The van der Waals surface area contributed by atoms with Gasteiger partial charge >= 0.3 is 6.36 Å². The molecular formula is C18H13F3N4O2. The standard InChI is InChI=1S/C18H13F3N4O2/c19-18(20,21)27-13-3-1-11(2-4-13)25-17-16(15(9-22)24-25)14(5-6-23-17)10-7-12(26)8-10/h1-6,10,12,26H,7-8H2. The summed E-state index contributed by atoms with van der Waals surface area (Å²) in [5, 5.41) is 23.9. The van der Waals surface area contributed by atoms with Crippen molar-refractivity contribution in [3.8, 4) is 17.5 Å². The highest BCUT2D eigenvalue weighted by molar-refractivity contribution is 5.86. The van der Waals surface area contributed by atoms with Crippen molar-refractivity contribution in [2.45, 2.75) is 31.2 Å². The van der Waals surface area contributed by atoms with Gasteiger partial charge in [-0.3, -0.25) is 0 Å². The van der Waals surface area contributed by atoms with Gasteiger partial charge in [-0.2, -0.15) is 10.4 Å². The van der Waals surface area contributed by atoms with Crippen LogP contribution in [0.25, 0.3) is 16.7 Å². The molecule has 1 aliphatic rings. The lowest BCUT2D eigenvalue weighted by atomic mass is 9.77. The van der Waals surface area contributed by atoms with Crippen LogP contribution in [-0.2, 0) is 0 Å². The predicted molar refractivity (Wildman–Crippen MR) is 88.2 cm³/mol. The monoisotopic (exact) mass is 374 g/mol. The molecule has 0 radical (unpaired) electrons. The summed E-state index contributed by atoms with van der Waals surface area (Å²) in [6.45, 7) is 0. The fourth-order valence-corrected chi connectivity index (χ4v) is 3.29. The van der Waals surface area contributed by atoms with Gasteiger partial charge in [0.15, 0.2) is 11.3 Å². The molecule has 0 atom stereocenters. The highest BCUT2D eigenvalue weighted by Gasteiger charge is 2.32. The molecule has 138 valence electrons. The third-order valence-corrected chi connectivity index (χ3v) is 4.57. The van der Waals surface area contributed by atoms with E-state index in [1.165, 1.54) is 28.9 Å². The molecule has 0 bridgehead atoms. The van der Waals surface area contributed by atoms with Crippen LogP contribution in [0.4, 0.5) is 13.2 Å². The van der Waals surface area contributed by atoms with Crippen molar-refractivity contribution in [1.29, 1.82) is 5.26 Å². The van der Waals surface area contributed by atoms with Gasteiger partial charge < -0.3 is 9.84 Å². The molecule has 1 fully saturated rings. The first kappa shape index (κ1) is 17.3. The Hall–Kier alpha value is -3.12. The normalized spacial score (nSPS) is 19.5. The molecule has 6 nitrogen and oxygen atoms in total. The van der Waals surface area contributed by atoms with Crippen LogP contribution in [-0.4, -0.2) is 32.3 Å². The number of ether oxygens (including phenoxy) is 1. The summed E-state index contributed by atoms with van der Waals surface area (Å²) in [5.41, 5.74) is 1.97. The zero-order valence-electron chi connectivity index (χ0n) is 13.8. The van der Waals surface area contributed by atoms with Crippen LogP contribution in [0.3, 0.4) is 0 Å². The fraction of sp³-hybridized carbons (Fsp3) is 0.278. The Kier molecular flexibility index (Phi) is 4.00. The van der Waals surface area contributed by atoms with Gasteiger partial charge in [-0.25, -0.2) is 9.67 Å². The lowest BCUT2D eigenvalue weighted by Crippen LogP contribution is -2.26. The molecule has 2 heterocycles. The summed E-state index contributed by atoms with van der Waals surface area (Å²) in [4.78, 5) is 4.30. The topological polar surface area (TPSA) is 84.0 Å². The number of aromatic nitrogens is 3. The van der Waals surface area contributed by atoms with Gasteiger partial charge in [0.25, 0.3) is 0 Å². The Labute approximate surface area is 151 Å². The van der Waals surface area contributed by atoms with E-state index in [-0.39, 0.29) is 23.5 Å². The third-order valence-electron chi connectivity index (χ3n) is 4.57.